The maximum Gasteiger partial charge on any atom is 0.0223 e. The lowest BCUT2D eigenvalue weighted by Crippen LogP contribution is -1.82. The van der Waals surface area contributed by atoms with Gasteiger partial charge in [-0.2, -0.15) is 0 Å². The molecule has 0 rings (SSSR count). The first-order valence-electron chi connectivity index (χ1n) is 8.79. The van der Waals surface area contributed by atoms with Crippen LogP contribution in [0.5, 0.6) is 0 Å². The Bertz CT molecular complexity index is 218. The van der Waals surface area contributed by atoms with Crippen molar-refractivity contribution in [3.8, 4) is 0 Å². The van der Waals surface area contributed by atoms with Crippen molar-refractivity contribution in [2.24, 2.45) is 0 Å². The van der Waals surface area contributed by atoms with Gasteiger partial charge >= 0.3 is 0 Å². The lowest BCUT2D eigenvalue weighted by atomic mass is 10.1. The molecule has 0 aliphatic rings. The summed E-state index contributed by atoms with van der Waals surface area (Å²) >= 11 is 5.66. The maximum absolute atomic E-state index is 5.66. The number of alkyl halides is 1. The molecule has 0 fully saturated rings. The van der Waals surface area contributed by atoms with Crippen LogP contribution in [0.25, 0.3) is 0 Å². The Labute approximate surface area is 132 Å². The molecule has 0 bridgehead atoms. The normalized spacial score (nSPS) is 11.9. The zero-order chi connectivity index (χ0) is 14.7. The van der Waals surface area contributed by atoms with Crippen LogP contribution >= 0.6 is 11.6 Å². The first kappa shape index (κ1) is 19.8. The van der Waals surface area contributed by atoms with Crippen molar-refractivity contribution in [1.29, 1.82) is 0 Å². The molecule has 118 valence electrons. The van der Waals surface area contributed by atoms with Gasteiger partial charge in [-0.3, -0.25) is 0 Å². The monoisotopic (exact) mass is 298 g/mol. The summed E-state index contributed by atoms with van der Waals surface area (Å²) in [7, 11) is 0. The van der Waals surface area contributed by atoms with E-state index in [1.165, 1.54) is 83.5 Å². The van der Waals surface area contributed by atoms with Gasteiger partial charge in [0.2, 0.25) is 0 Å². The molecular formula is C19H35Cl. The van der Waals surface area contributed by atoms with E-state index in [1.807, 2.05) is 0 Å². The van der Waals surface area contributed by atoms with Crippen molar-refractivity contribution >= 4 is 11.6 Å². The molecule has 0 N–H and O–H groups in total. The predicted molar refractivity (Wildman–Crippen MR) is 94.7 cm³/mol. The topological polar surface area (TPSA) is 0 Å². The second kappa shape index (κ2) is 18.8. The highest BCUT2D eigenvalue weighted by atomic mass is 35.5. The Morgan fingerprint density at radius 2 is 1.05 bits per heavy atom. The molecule has 20 heavy (non-hydrogen) atoms. The van der Waals surface area contributed by atoms with Gasteiger partial charge in [0.15, 0.2) is 0 Å². The lowest BCUT2D eigenvalue weighted by molar-refractivity contribution is 0.567. The average molecular weight is 299 g/mol. The van der Waals surface area contributed by atoms with E-state index < -0.39 is 0 Å². The summed E-state index contributed by atoms with van der Waals surface area (Å²) in [6.07, 6.45) is 26.4. The summed E-state index contributed by atoms with van der Waals surface area (Å²) in [6, 6.07) is 0. The molecule has 0 heterocycles. The molecule has 0 saturated carbocycles. The van der Waals surface area contributed by atoms with E-state index in [0.717, 1.165) is 5.88 Å². The third kappa shape index (κ3) is 17.8. The summed E-state index contributed by atoms with van der Waals surface area (Å²) in [6.45, 7) is 2.24. The second-order valence-electron chi connectivity index (χ2n) is 5.66. The first-order chi connectivity index (χ1) is 9.91. The van der Waals surface area contributed by atoms with E-state index in [-0.39, 0.29) is 0 Å². The Hall–Kier alpha value is -0.230. The number of hydrogen-bond donors (Lipinski definition) is 0. The zero-order valence-corrected chi connectivity index (χ0v) is 14.3. The largest absolute Gasteiger partial charge is 0.127 e. The molecule has 0 aliphatic heterocycles. The fourth-order valence-corrected chi connectivity index (χ4v) is 2.45. The van der Waals surface area contributed by atoms with Crippen LogP contribution in [-0.4, -0.2) is 5.88 Å². The summed E-state index contributed by atoms with van der Waals surface area (Å²) < 4.78 is 0. The van der Waals surface area contributed by atoms with Crippen LogP contribution < -0.4 is 0 Å². The van der Waals surface area contributed by atoms with E-state index in [2.05, 4.69) is 31.2 Å². The van der Waals surface area contributed by atoms with Gasteiger partial charge in [0.05, 0.1) is 0 Å². The summed E-state index contributed by atoms with van der Waals surface area (Å²) in [5, 5.41) is 0. The van der Waals surface area contributed by atoms with Crippen molar-refractivity contribution < 1.29 is 0 Å². The molecule has 0 aromatic carbocycles. The average Bonchev–Trinajstić information content (AvgIpc) is 2.47. The van der Waals surface area contributed by atoms with Gasteiger partial charge in [0.25, 0.3) is 0 Å². The molecule has 0 radical (unpaired) electrons. The van der Waals surface area contributed by atoms with Crippen molar-refractivity contribution in [3.05, 3.63) is 24.3 Å². The number of unbranched alkanes of at least 4 members (excludes halogenated alkanes) is 11. The van der Waals surface area contributed by atoms with Gasteiger partial charge < -0.3 is 0 Å². The molecule has 0 spiro atoms. The minimum atomic E-state index is 0.835. The lowest BCUT2D eigenvalue weighted by Gasteiger charge is -2.00. The van der Waals surface area contributed by atoms with Crippen molar-refractivity contribution in [2.75, 3.05) is 5.88 Å². The fraction of sp³-hybridized carbons (Fsp3) is 0.789. The second-order valence-corrected chi connectivity index (χ2v) is 6.04. The van der Waals surface area contributed by atoms with Gasteiger partial charge in [-0.05, 0) is 25.7 Å². The predicted octanol–water partition coefficient (Wildman–Crippen LogP) is 7.43. The molecule has 0 nitrogen and oxygen atoms in total. The Balaban J connectivity index is 3.09. The van der Waals surface area contributed by atoms with Gasteiger partial charge in [0.1, 0.15) is 0 Å². The molecule has 1 heteroatoms. The number of halogens is 1. The SMILES string of the molecule is CCCC/C=C/C=C\CCCCCCCCCCCCl. The smallest absolute Gasteiger partial charge is 0.0223 e. The molecule has 0 aromatic rings. The van der Waals surface area contributed by atoms with Crippen LogP contribution in [0.3, 0.4) is 0 Å². The maximum atomic E-state index is 5.66. The summed E-state index contributed by atoms with van der Waals surface area (Å²) in [5.41, 5.74) is 0. The van der Waals surface area contributed by atoms with Crippen molar-refractivity contribution in [1.82, 2.24) is 0 Å². The van der Waals surface area contributed by atoms with Crippen LogP contribution in [0.2, 0.25) is 0 Å². The first-order valence-corrected chi connectivity index (χ1v) is 9.33. The third-order valence-electron chi connectivity index (χ3n) is 3.61. The molecule has 0 saturated heterocycles. The van der Waals surface area contributed by atoms with Crippen LogP contribution in [-0.2, 0) is 0 Å². The van der Waals surface area contributed by atoms with Crippen molar-refractivity contribution in [2.45, 2.75) is 90.4 Å². The summed E-state index contributed by atoms with van der Waals surface area (Å²) in [5.74, 6) is 0.835. The Kier molecular flexibility index (Phi) is 18.6. The zero-order valence-electron chi connectivity index (χ0n) is 13.6. The standard InChI is InChI=1S/C19H35Cl/c1-2-3-4-5-6-7-8-9-10-11-12-13-14-15-16-17-18-19-20/h5-8H,2-4,9-19H2,1H3/b6-5+,8-7-. The van der Waals surface area contributed by atoms with Gasteiger partial charge in [0, 0.05) is 5.88 Å². The highest BCUT2D eigenvalue weighted by Crippen LogP contribution is 2.11. The third-order valence-corrected chi connectivity index (χ3v) is 3.88. The Morgan fingerprint density at radius 1 is 0.600 bits per heavy atom. The Morgan fingerprint density at radius 3 is 1.55 bits per heavy atom. The molecule has 0 amide bonds. The number of rotatable bonds is 15. The minimum Gasteiger partial charge on any atom is -0.127 e. The highest BCUT2D eigenvalue weighted by molar-refractivity contribution is 6.17. The number of hydrogen-bond acceptors (Lipinski definition) is 0. The van der Waals surface area contributed by atoms with E-state index >= 15 is 0 Å². The molecule has 0 aromatic heterocycles. The van der Waals surface area contributed by atoms with Crippen LogP contribution in [0.15, 0.2) is 24.3 Å². The highest BCUT2D eigenvalue weighted by Gasteiger charge is 1.91. The van der Waals surface area contributed by atoms with Crippen molar-refractivity contribution in [3.63, 3.8) is 0 Å². The van der Waals surface area contributed by atoms with Crippen LogP contribution in [0.4, 0.5) is 0 Å². The van der Waals surface area contributed by atoms with E-state index in [1.54, 1.807) is 0 Å². The van der Waals surface area contributed by atoms with E-state index in [9.17, 15) is 0 Å². The van der Waals surface area contributed by atoms with Crippen LogP contribution in [0, 0.1) is 0 Å². The molecule has 0 unspecified atom stereocenters. The molecule has 0 aliphatic carbocycles. The number of allylic oxidation sites excluding steroid dienone is 4. The quantitative estimate of drug-likeness (QED) is 0.167. The van der Waals surface area contributed by atoms with E-state index in [4.69, 9.17) is 11.6 Å². The fourth-order valence-electron chi connectivity index (χ4n) is 2.27. The molecule has 0 atom stereocenters. The van der Waals surface area contributed by atoms with Gasteiger partial charge in [-0.15, -0.1) is 11.6 Å². The van der Waals surface area contributed by atoms with Crippen LogP contribution in [0.1, 0.15) is 90.4 Å². The minimum absolute atomic E-state index is 0.835. The van der Waals surface area contributed by atoms with Gasteiger partial charge in [-0.1, -0.05) is 89.0 Å². The van der Waals surface area contributed by atoms with E-state index in [0.29, 0.717) is 0 Å². The van der Waals surface area contributed by atoms with Gasteiger partial charge in [-0.25, -0.2) is 0 Å². The molecular weight excluding hydrogens is 264 g/mol. The summed E-state index contributed by atoms with van der Waals surface area (Å²) in [4.78, 5) is 0.